The van der Waals surface area contributed by atoms with Crippen molar-refractivity contribution in [2.75, 3.05) is 0 Å². The maximum atomic E-state index is 9.88. The van der Waals surface area contributed by atoms with E-state index >= 15 is 0 Å². The molecule has 0 fully saturated rings. The smallest absolute Gasteiger partial charge is 0.195 e. The molecule has 2 nitrogen and oxygen atoms in total. The molecular formula is C26H24N2. The third kappa shape index (κ3) is 2.61. The van der Waals surface area contributed by atoms with E-state index in [0.29, 0.717) is 11.3 Å². The first-order valence-electron chi connectivity index (χ1n) is 9.63. The van der Waals surface area contributed by atoms with Crippen molar-refractivity contribution in [3.8, 4) is 6.07 Å². The van der Waals surface area contributed by atoms with Crippen LogP contribution in [0, 0.1) is 17.9 Å². The number of hydrogen-bond acceptors (Lipinski definition) is 1. The van der Waals surface area contributed by atoms with Crippen LogP contribution in [0.15, 0.2) is 36.4 Å². The lowest BCUT2D eigenvalue weighted by molar-refractivity contribution is 0.591. The molecule has 0 aromatic heterocycles. The third-order valence-corrected chi connectivity index (χ3v) is 5.72. The molecule has 0 aliphatic heterocycles. The molecule has 0 radical (unpaired) electrons. The average Bonchev–Trinajstić information content (AvgIpc) is 2.62. The van der Waals surface area contributed by atoms with E-state index in [-0.39, 0.29) is 10.8 Å². The van der Waals surface area contributed by atoms with E-state index in [2.05, 4.69) is 76.7 Å². The van der Waals surface area contributed by atoms with Gasteiger partial charge in [-0.2, -0.15) is 5.26 Å². The highest BCUT2D eigenvalue weighted by Crippen LogP contribution is 2.44. The molecule has 0 amide bonds. The van der Waals surface area contributed by atoms with E-state index in [1.807, 2.05) is 12.1 Å². The summed E-state index contributed by atoms with van der Waals surface area (Å²) in [5.41, 5.74) is 3.68. The Bertz CT molecular complexity index is 1220. The predicted octanol–water partition coefficient (Wildman–Crippen LogP) is 7.60. The molecule has 0 saturated carbocycles. The lowest BCUT2D eigenvalue weighted by atomic mass is 9.80. The highest BCUT2D eigenvalue weighted by atomic mass is 14.6. The summed E-state index contributed by atoms with van der Waals surface area (Å²) < 4.78 is 0. The van der Waals surface area contributed by atoms with Crippen LogP contribution in [0.3, 0.4) is 0 Å². The Morgan fingerprint density at radius 1 is 0.750 bits per heavy atom. The number of nitriles is 1. The molecular weight excluding hydrogens is 340 g/mol. The van der Waals surface area contributed by atoms with Gasteiger partial charge in [0.25, 0.3) is 0 Å². The summed E-state index contributed by atoms with van der Waals surface area (Å²) in [6.07, 6.45) is 0. The van der Waals surface area contributed by atoms with Gasteiger partial charge in [0, 0.05) is 5.39 Å². The standard InChI is InChI=1S/C26H24N2/c1-25(2,3)18-10-16-11-22(28-7)21-13-19(26(4,5)6)9-15-8-17(14-27)20(12-18)23(16)24(15)21/h8-13H,1-6H3. The molecule has 0 unspecified atom stereocenters. The normalized spacial score (nSPS) is 12.6. The zero-order chi connectivity index (χ0) is 20.4. The first kappa shape index (κ1) is 18.3. The molecule has 4 rings (SSSR count). The number of benzene rings is 4. The second kappa shape index (κ2) is 5.70. The topological polar surface area (TPSA) is 28.1 Å². The van der Waals surface area contributed by atoms with Crippen LogP contribution >= 0.6 is 0 Å². The van der Waals surface area contributed by atoms with Crippen molar-refractivity contribution in [2.24, 2.45) is 0 Å². The lowest BCUT2D eigenvalue weighted by Gasteiger charge is -2.24. The molecule has 4 aromatic carbocycles. The van der Waals surface area contributed by atoms with Gasteiger partial charge in [-0.05, 0) is 67.1 Å². The molecule has 0 spiro atoms. The van der Waals surface area contributed by atoms with Gasteiger partial charge >= 0.3 is 0 Å². The highest BCUT2D eigenvalue weighted by molar-refractivity contribution is 6.27. The number of hydrogen-bond donors (Lipinski definition) is 0. The van der Waals surface area contributed by atoms with Gasteiger partial charge in [-0.15, -0.1) is 0 Å². The quantitative estimate of drug-likeness (QED) is 0.233. The van der Waals surface area contributed by atoms with Gasteiger partial charge in [0.2, 0.25) is 0 Å². The molecule has 2 heteroatoms. The van der Waals surface area contributed by atoms with E-state index in [1.54, 1.807) is 0 Å². The highest BCUT2D eigenvalue weighted by Gasteiger charge is 2.22. The molecule has 0 aliphatic carbocycles. The average molecular weight is 364 g/mol. The van der Waals surface area contributed by atoms with Crippen LogP contribution in [0.4, 0.5) is 5.69 Å². The van der Waals surface area contributed by atoms with Crippen molar-refractivity contribution in [1.82, 2.24) is 0 Å². The second-order valence-electron chi connectivity index (χ2n) is 9.79. The minimum absolute atomic E-state index is 0.0318. The van der Waals surface area contributed by atoms with E-state index in [9.17, 15) is 5.26 Å². The minimum Gasteiger partial charge on any atom is -0.237 e. The van der Waals surface area contributed by atoms with Gasteiger partial charge in [0.05, 0.1) is 18.2 Å². The molecule has 0 N–H and O–H groups in total. The predicted molar refractivity (Wildman–Crippen MR) is 119 cm³/mol. The first-order valence-corrected chi connectivity index (χ1v) is 9.63. The Morgan fingerprint density at radius 3 is 1.75 bits per heavy atom. The fourth-order valence-corrected chi connectivity index (χ4v) is 4.04. The van der Waals surface area contributed by atoms with Crippen molar-refractivity contribution in [3.63, 3.8) is 0 Å². The Labute approximate surface area is 166 Å². The van der Waals surface area contributed by atoms with Gasteiger partial charge in [-0.1, -0.05) is 59.7 Å². The van der Waals surface area contributed by atoms with Gasteiger partial charge in [0.1, 0.15) is 0 Å². The minimum atomic E-state index is -0.0329. The van der Waals surface area contributed by atoms with E-state index in [0.717, 1.165) is 32.3 Å². The van der Waals surface area contributed by atoms with Gasteiger partial charge in [-0.3, -0.25) is 0 Å². The molecule has 0 atom stereocenters. The summed E-state index contributed by atoms with van der Waals surface area (Å²) in [6.45, 7) is 20.8. The lowest BCUT2D eigenvalue weighted by Crippen LogP contribution is -2.12. The van der Waals surface area contributed by atoms with Crippen LogP contribution in [-0.4, -0.2) is 0 Å². The third-order valence-electron chi connectivity index (χ3n) is 5.72. The first-order chi connectivity index (χ1) is 13.0. The fraction of sp³-hybridized carbons (Fsp3) is 0.308. The summed E-state index contributed by atoms with van der Waals surface area (Å²) >= 11 is 0. The van der Waals surface area contributed by atoms with E-state index in [4.69, 9.17) is 6.57 Å². The van der Waals surface area contributed by atoms with Crippen LogP contribution in [0.25, 0.3) is 37.2 Å². The van der Waals surface area contributed by atoms with Crippen LogP contribution in [0.2, 0.25) is 0 Å². The largest absolute Gasteiger partial charge is 0.237 e. The molecule has 28 heavy (non-hydrogen) atoms. The fourth-order valence-electron chi connectivity index (χ4n) is 4.04. The summed E-state index contributed by atoms with van der Waals surface area (Å²) in [5, 5.41) is 16.2. The zero-order valence-corrected chi connectivity index (χ0v) is 17.4. The second-order valence-corrected chi connectivity index (χ2v) is 9.79. The molecule has 138 valence electrons. The Morgan fingerprint density at radius 2 is 1.25 bits per heavy atom. The molecule has 0 saturated heterocycles. The molecule has 4 aromatic rings. The summed E-state index contributed by atoms with van der Waals surface area (Å²) in [7, 11) is 0. The van der Waals surface area contributed by atoms with Crippen LogP contribution in [-0.2, 0) is 10.8 Å². The zero-order valence-electron chi connectivity index (χ0n) is 17.4. The van der Waals surface area contributed by atoms with Crippen molar-refractivity contribution < 1.29 is 0 Å². The number of nitrogens with zero attached hydrogens (tertiary/aromatic N) is 2. The Hall–Kier alpha value is -3.10. The van der Waals surface area contributed by atoms with Gasteiger partial charge in [0.15, 0.2) is 5.69 Å². The Kier molecular flexibility index (Phi) is 3.72. The summed E-state index contributed by atoms with van der Waals surface area (Å²) in [4.78, 5) is 3.86. The summed E-state index contributed by atoms with van der Waals surface area (Å²) in [6, 6.07) is 15.1. The molecule has 0 bridgehead atoms. The van der Waals surface area contributed by atoms with Crippen LogP contribution < -0.4 is 0 Å². The molecule has 0 aliphatic rings. The van der Waals surface area contributed by atoms with Crippen molar-refractivity contribution in [2.45, 2.75) is 52.4 Å². The van der Waals surface area contributed by atoms with Crippen LogP contribution in [0.5, 0.6) is 0 Å². The van der Waals surface area contributed by atoms with Gasteiger partial charge in [-0.25, -0.2) is 4.85 Å². The van der Waals surface area contributed by atoms with Crippen molar-refractivity contribution >= 4 is 38.0 Å². The SMILES string of the molecule is [C-]#[N+]c1cc2cc(C(C)(C)C)cc3c(C#N)cc4cc(C(C)(C)C)cc1c4c23. The number of rotatable bonds is 0. The van der Waals surface area contributed by atoms with E-state index in [1.165, 1.54) is 11.1 Å². The van der Waals surface area contributed by atoms with Gasteiger partial charge < -0.3 is 0 Å². The summed E-state index contributed by atoms with van der Waals surface area (Å²) in [5.74, 6) is 0. The Balaban J connectivity index is 2.31. The molecule has 0 heterocycles. The van der Waals surface area contributed by atoms with Crippen molar-refractivity contribution in [3.05, 3.63) is 64.5 Å². The van der Waals surface area contributed by atoms with Crippen molar-refractivity contribution in [1.29, 1.82) is 5.26 Å². The van der Waals surface area contributed by atoms with E-state index < -0.39 is 0 Å². The monoisotopic (exact) mass is 364 g/mol. The maximum Gasteiger partial charge on any atom is 0.195 e. The van der Waals surface area contributed by atoms with Crippen LogP contribution in [0.1, 0.15) is 58.2 Å². The maximum absolute atomic E-state index is 9.88.